The summed E-state index contributed by atoms with van der Waals surface area (Å²) < 4.78 is 0.523. The summed E-state index contributed by atoms with van der Waals surface area (Å²) in [6, 6.07) is 0. The van der Waals surface area contributed by atoms with Crippen LogP contribution in [0.3, 0.4) is 0 Å². The zero-order chi connectivity index (χ0) is 7.28. The van der Waals surface area contributed by atoms with E-state index in [0.29, 0.717) is 10.8 Å². The van der Waals surface area contributed by atoms with Crippen molar-refractivity contribution in [3.63, 3.8) is 0 Å². The van der Waals surface area contributed by atoms with E-state index in [9.17, 15) is 4.79 Å². The topological polar surface area (TPSA) is 17.1 Å². The van der Waals surface area contributed by atoms with Crippen LogP contribution in [0.25, 0.3) is 0 Å². The van der Waals surface area contributed by atoms with E-state index in [0.717, 1.165) is 0 Å². The Kier molecular flexibility index (Phi) is 5.15. The fourth-order valence-corrected chi connectivity index (χ4v) is 0.440. The molecule has 0 aliphatic rings. The summed E-state index contributed by atoms with van der Waals surface area (Å²) in [6.07, 6.45) is 3.51. The highest BCUT2D eigenvalue weighted by Gasteiger charge is 1.83. The summed E-state index contributed by atoms with van der Waals surface area (Å²) >= 11 is 13.4. The van der Waals surface area contributed by atoms with E-state index in [-0.39, 0.29) is 4.49 Å². The molecule has 0 unspecified atom stereocenters. The third-order valence-corrected chi connectivity index (χ3v) is 1.18. The molecule has 0 N–H and O–H groups in total. The molecule has 0 fully saturated rings. The van der Waals surface area contributed by atoms with Crippen LogP contribution in [-0.2, 0) is 4.79 Å². The van der Waals surface area contributed by atoms with Gasteiger partial charge in [-0.15, -0.1) is 0 Å². The normalized spacial score (nSPS) is 10.8. The predicted molar refractivity (Wildman–Crippen MR) is 42.9 cm³/mol. The van der Waals surface area contributed by atoms with Crippen molar-refractivity contribution in [3.8, 4) is 0 Å². The molecule has 0 rings (SSSR count). The minimum Gasteiger partial charge on any atom is -0.297 e. The molecule has 0 aliphatic carbocycles. The van der Waals surface area contributed by atoms with Crippen LogP contribution in [0.5, 0.6) is 0 Å². The number of halogens is 3. The second kappa shape index (κ2) is 5.03. The second-order valence-corrected chi connectivity index (χ2v) is 3.05. The van der Waals surface area contributed by atoms with Crippen LogP contribution in [0.2, 0.25) is 0 Å². The Morgan fingerprint density at radius 1 is 1.33 bits per heavy atom. The van der Waals surface area contributed by atoms with Crippen LogP contribution in [0.4, 0.5) is 0 Å². The van der Waals surface area contributed by atoms with Crippen LogP contribution >= 0.6 is 39.1 Å². The number of carbonyl (C=O) groups excluding carboxylic acids is 1. The maximum Gasteiger partial charge on any atom is 0.157 e. The highest BCUT2D eigenvalue weighted by atomic mass is 79.9. The van der Waals surface area contributed by atoms with Gasteiger partial charge < -0.3 is 0 Å². The molecule has 0 aromatic rings. The summed E-state index contributed by atoms with van der Waals surface area (Å²) in [6.45, 7) is 0. The lowest BCUT2D eigenvalue weighted by atomic mass is 10.5. The first-order valence-corrected chi connectivity index (χ1v) is 3.55. The number of hydrogen-bond acceptors (Lipinski definition) is 1. The Balaban J connectivity index is 3.98. The van der Waals surface area contributed by atoms with Gasteiger partial charge in [0.05, 0.1) is 4.48 Å². The van der Waals surface area contributed by atoms with E-state index in [4.69, 9.17) is 23.2 Å². The van der Waals surface area contributed by atoms with Crippen LogP contribution in [0, 0.1) is 0 Å². The zero-order valence-electron chi connectivity index (χ0n) is 4.27. The van der Waals surface area contributed by atoms with Crippen molar-refractivity contribution in [2.24, 2.45) is 0 Å². The van der Waals surface area contributed by atoms with Crippen LogP contribution in [-0.4, -0.2) is 6.29 Å². The Hall–Kier alpha value is 0.210. The molecule has 0 spiro atoms. The molecule has 0 atom stereocenters. The molecule has 0 heterocycles. The third-order valence-electron chi connectivity index (χ3n) is 0.481. The molecular weight excluding hydrogens is 227 g/mol. The summed E-state index contributed by atoms with van der Waals surface area (Å²) in [5, 5.41) is 0. The number of allylic oxidation sites excluding steroid dienone is 3. The molecule has 0 amide bonds. The average molecular weight is 230 g/mol. The molecule has 4 heteroatoms. The maximum absolute atomic E-state index is 9.89. The number of hydrogen-bond donors (Lipinski definition) is 0. The first kappa shape index (κ1) is 9.21. The molecule has 0 aliphatic heterocycles. The van der Waals surface area contributed by atoms with Gasteiger partial charge >= 0.3 is 0 Å². The smallest absolute Gasteiger partial charge is 0.157 e. The standard InChI is InChI=1S/C5H3BrCl2O/c6-4(3-9)1-2-5(7)8/h1-3H. The monoisotopic (exact) mass is 228 g/mol. The SMILES string of the molecule is O=CC(Br)=CC=C(Cl)Cl. The lowest BCUT2D eigenvalue weighted by Crippen LogP contribution is -1.66. The molecule has 0 aromatic carbocycles. The summed E-state index contributed by atoms with van der Waals surface area (Å²) in [5.74, 6) is 0. The molecule has 50 valence electrons. The Bertz CT molecular complexity index is 158. The van der Waals surface area contributed by atoms with Gasteiger partial charge in [0.15, 0.2) is 6.29 Å². The minimum absolute atomic E-state index is 0.119. The highest BCUT2D eigenvalue weighted by Crippen LogP contribution is 2.08. The Morgan fingerprint density at radius 2 is 1.89 bits per heavy atom. The first-order valence-electron chi connectivity index (χ1n) is 2.00. The molecule has 0 aromatic heterocycles. The third kappa shape index (κ3) is 6.09. The van der Waals surface area contributed by atoms with Gasteiger partial charge in [-0.05, 0) is 28.1 Å². The van der Waals surface area contributed by atoms with Crippen molar-refractivity contribution in [1.82, 2.24) is 0 Å². The van der Waals surface area contributed by atoms with Crippen molar-refractivity contribution >= 4 is 45.4 Å². The van der Waals surface area contributed by atoms with Gasteiger partial charge in [0.25, 0.3) is 0 Å². The average Bonchev–Trinajstić information content (AvgIpc) is 1.83. The van der Waals surface area contributed by atoms with Crippen LogP contribution < -0.4 is 0 Å². The van der Waals surface area contributed by atoms with Gasteiger partial charge in [0.1, 0.15) is 4.49 Å². The molecule has 0 bridgehead atoms. The quantitative estimate of drug-likeness (QED) is 0.405. The van der Waals surface area contributed by atoms with Crippen molar-refractivity contribution in [3.05, 3.63) is 21.1 Å². The number of rotatable bonds is 2. The lowest BCUT2D eigenvalue weighted by molar-refractivity contribution is -0.104. The predicted octanol–water partition coefficient (Wildman–Crippen LogP) is 2.78. The van der Waals surface area contributed by atoms with E-state index in [1.165, 1.54) is 12.2 Å². The van der Waals surface area contributed by atoms with Crippen molar-refractivity contribution < 1.29 is 4.79 Å². The fourth-order valence-electron chi connectivity index (χ4n) is 0.182. The highest BCUT2D eigenvalue weighted by molar-refractivity contribution is 9.12. The Labute approximate surface area is 71.5 Å². The fraction of sp³-hybridized carbons (Fsp3) is 0. The van der Waals surface area contributed by atoms with Crippen molar-refractivity contribution in [2.45, 2.75) is 0 Å². The van der Waals surface area contributed by atoms with E-state index >= 15 is 0 Å². The van der Waals surface area contributed by atoms with Gasteiger partial charge in [-0.25, -0.2) is 0 Å². The summed E-state index contributed by atoms with van der Waals surface area (Å²) in [7, 11) is 0. The van der Waals surface area contributed by atoms with Gasteiger partial charge in [-0.3, -0.25) is 4.79 Å². The van der Waals surface area contributed by atoms with Crippen molar-refractivity contribution in [2.75, 3.05) is 0 Å². The summed E-state index contributed by atoms with van der Waals surface area (Å²) in [5.41, 5.74) is 0. The van der Waals surface area contributed by atoms with Gasteiger partial charge in [0.2, 0.25) is 0 Å². The molecular formula is C5H3BrCl2O. The zero-order valence-corrected chi connectivity index (χ0v) is 7.37. The largest absolute Gasteiger partial charge is 0.297 e. The van der Waals surface area contributed by atoms with Crippen LogP contribution in [0.15, 0.2) is 21.1 Å². The van der Waals surface area contributed by atoms with Gasteiger partial charge in [0, 0.05) is 0 Å². The Morgan fingerprint density at radius 3 is 2.22 bits per heavy atom. The van der Waals surface area contributed by atoms with Crippen molar-refractivity contribution in [1.29, 1.82) is 0 Å². The molecule has 1 nitrogen and oxygen atoms in total. The first-order chi connectivity index (χ1) is 4.16. The number of carbonyl (C=O) groups is 1. The van der Waals surface area contributed by atoms with E-state index in [1.807, 2.05) is 0 Å². The van der Waals surface area contributed by atoms with Crippen LogP contribution in [0.1, 0.15) is 0 Å². The minimum atomic E-state index is 0.119. The maximum atomic E-state index is 9.89. The molecule has 0 saturated heterocycles. The summed E-state index contributed by atoms with van der Waals surface area (Å²) in [4.78, 5) is 9.89. The molecule has 0 saturated carbocycles. The number of aldehydes is 1. The van der Waals surface area contributed by atoms with E-state index in [1.54, 1.807) is 0 Å². The van der Waals surface area contributed by atoms with Gasteiger partial charge in [-0.1, -0.05) is 23.2 Å². The van der Waals surface area contributed by atoms with E-state index in [2.05, 4.69) is 15.9 Å². The van der Waals surface area contributed by atoms with E-state index < -0.39 is 0 Å². The second-order valence-electron chi connectivity index (χ2n) is 1.13. The molecule has 0 radical (unpaired) electrons. The lowest BCUT2D eigenvalue weighted by Gasteiger charge is -1.78. The molecule has 9 heavy (non-hydrogen) atoms. The van der Waals surface area contributed by atoms with Gasteiger partial charge in [-0.2, -0.15) is 0 Å².